The first-order valence-electron chi connectivity index (χ1n) is 5.96. The van der Waals surface area contributed by atoms with Crippen molar-refractivity contribution in [2.24, 2.45) is 0 Å². The molecule has 1 rings (SSSR count). The number of benzene rings is 1. The SMILES string of the molecule is CC(CCS(C)=O)NC(=O)c1cc(S(=O)(=O)Cl)ccc1F. The van der Waals surface area contributed by atoms with Crippen LogP contribution in [0.25, 0.3) is 0 Å². The standard InChI is InChI=1S/C12H15ClFNO4S2/c1-8(5-6-20(2)17)15-12(16)10-7-9(21(13,18)19)3-4-11(10)14/h3-4,7-8H,5-6H2,1-2H3,(H,15,16). The zero-order valence-corrected chi connectivity index (χ0v) is 13.8. The molecule has 1 aromatic rings. The predicted octanol–water partition coefficient (Wildman–Crippen LogP) is 1.64. The first kappa shape index (κ1) is 18.1. The number of hydrogen-bond acceptors (Lipinski definition) is 4. The quantitative estimate of drug-likeness (QED) is 0.787. The highest BCUT2D eigenvalue weighted by molar-refractivity contribution is 8.13. The van der Waals surface area contributed by atoms with E-state index in [9.17, 15) is 21.8 Å². The molecule has 21 heavy (non-hydrogen) atoms. The summed E-state index contributed by atoms with van der Waals surface area (Å²) in [5.74, 6) is -1.19. The van der Waals surface area contributed by atoms with E-state index in [4.69, 9.17) is 10.7 Å². The Labute approximate surface area is 129 Å². The fourth-order valence-corrected chi connectivity index (χ4v) is 3.01. The van der Waals surface area contributed by atoms with E-state index in [1.165, 1.54) is 0 Å². The Morgan fingerprint density at radius 1 is 1.48 bits per heavy atom. The van der Waals surface area contributed by atoms with Crippen LogP contribution < -0.4 is 5.32 Å². The average molecular weight is 356 g/mol. The minimum Gasteiger partial charge on any atom is -0.349 e. The van der Waals surface area contributed by atoms with E-state index in [-0.39, 0.29) is 10.9 Å². The van der Waals surface area contributed by atoms with Gasteiger partial charge in [0.05, 0.1) is 10.5 Å². The predicted molar refractivity (Wildman–Crippen MR) is 79.9 cm³/mol. The lowest BCUT2D eigenvalue weighted by atomic mass is 10.1. The van der Waals surface area contributed by atoms with Crippen LogP contribution in [0.15, 0.2) is 23.1 Å². The van der Waals surface area contributed by atoms with Gasteiger partial charge in [-0.2, -0.15) is 0 Å². The molecule has 0 heterocycles. The average Bonchev–Trinajstić information content (AvgIpc) is 2.35. The van der Waals surface area contributed by atoms with E-state index in [1.54, 1.807) is 13.2 Å². The molecule has 0 aliphatic rings. The van der Waals surface area contributed by atoms with E-state index in [0.717, 1.165) is 18.2 Å². The molecule has 1 N–H and O–H groups in total. The van der Waals surface area contributed by atoms with Crippen molar-refractivity contribution in [1.29, 1.82) is 0 Å². The third-order valence-electron chi connectivity index (χ3n) is 2.68. The number of hydrogen-bond donors (Lipinski definition) is 1. The van der Waals surface area contributed by atoms with Crippen molar-refractivity contribution in [3.05, 3.63) is 29.6 Å². The van der Waals surface area contributed by atoms with E-state index in [0.29, 0.717) is 12.2 Å². The Morgan fingerprint density at radius 3 is 2.62 bits per heavy atom. The van der Waals surface area contributed by atoms with Crippen molar-refractivity contribution in [3.8, 4) is 0 Å². The highest BCUT2D eigenvalue weighted by Gasteiger charge is 2.19. The van der Waals surface area contributed by atoms with E-state index >= 15 is 0 Å². The molecule has 2 atom stereocenters. The monoisotopic (exact) mass is 355 g/mol. The molecule has 0 bridgehead atoms. The first-order chi connectivity index (χ1) is 9.61. The van der Waals surface area contributed by atoms with Crippen molar-refractivity contribution < 1.29 is 21.8 Å². The molecule has 2 unspecified atom stereocenters. The van der Waals surface area contributed by atoms with Crippen LogP contribution in [0, 0.1) is 5.82 Å². The lowest BCUT2D eigenvalue weighted by Crippen LogP contribution is -2.34. The lowest BCUT2D eigenvalue weighted by Gasteiger charge is -2.13. The number of halogens is 2. The molecule has 0 aromatic heterocycles. The molecule has 5 nitrogen and oxygen atoms in total. The van der Waals surface area contributed by atoms with Crippen LogP contribution in [0.2, 0.25) is 0 Å². The van der Waals surface area contributed by atoms with E-state index in [2.05, 4.69) is 5.32 Å². The normalized spacial score (nSPS) is 14.5. The summed E-state index contributed by atoms with van der Waals surface area (Å²) in [6, 6.07) is 2.42. The van der Waals surface area contributed by atoms with Crippen molar-refractivity contribution in [2.75, 3.05) is 12.0 Å². The zero-order chi connectivity index (χ0) is 16.2. The molecular formula is C12H15ClFNO4S2. The fraction of sp³-hybridized carbons (Fsp3) is 0.417. The summed E-state index contributed by atoms with van der Waals surface area (Å²) in [7, 11) is 0.134. The second-order valence-electron chi connectivity index (χ2n) is 4.52. The minimum absolute atomic E-state index is 0.322. The lowest BCUT2D eigenvalue weighted by molar-refractivity contribution is 0.0935. The molecule has 0 radical (unpaired) electrons. The number of rotatable bonds is 6. The molecule has 1 amide bonds. The van der Waals surface area contributed by atoms with Crippen LogP contribution in [-0.4, -0.2) is 36.6 Å². The summed E-state index contributed by atoms with van der Waals surface area (Å²) in [6.45, 7) is 1.69. The highest BCUT2D eigenvalue weighted by Crippen LogP contribution is 2.18. The van der Waals surface area contributed by atoms with Gasteiger partial charge in [0.15, 0.2) is 0 Å². The Hall–Kier alpha value is -0.990. The maximum absolute atomic E-state index is 13.6. The van der Waals surface area contributed by atoms with Crippen molar-refractivity contribution in [2.45, 2.75) is 24.3 Å². The molecule has 0 saturated heterocycles. The van der Waals surface area contributed by atoms with Gasteiger partial charge < -0.3 is 5.32 Å². The summed E-state index contributed by atoms with van der Waals surface area (Å²) in [5.41, 5.74) is -0.402. The number of nitrogens with one attached hydrogen (secondary N) is 1. The van der Waals surface area contributed by atoms with Gasteiger partial charge >= 0.3 is 0 Å². The topological polar surface area (TPSA) is 80.3 Å². The number of carbonyl (C=O) groups is 1. The molecule has 0 aliphatic carbocycles. The van der Waals surface area contributed by atoms with Gasteiger partial charge in [0, 0.05) is 39.5 Å². The summed E-state index contributed by atoms with van der Waals surface area (Å²) in [5, 5.41) is 2.52. The molecular weight excluding hydrogens is 341 g/mol. The second kappa shape index (κ2) is 7.33. The van der Waals surface area contributed by atoms with Crippen LogP contribution in [0.3, 0.4) is 0 Å². The van der Waals surface area contributed by atoms with Crippen LogP contribution >= 0.6 is 10.7 Å². The van der Waals surface area contributed by atoms with Gasteiger partial charge in [-0.1, -0.05) is 0 Å². The third-order valence-corrected chi connectivity index (χ3v) is 4.84. The van der Waals surface area contributed by atoms with Crippen LogP contribution in [0.4, 0.5) is 4.39 Å². The van der Waals surface area contributed by atoms with Gasteiger partial charge in [0.2, 0.25) is 0 Å². The van der Waals surface area contributed by atoms with Gasteiger partial charge in [-0.05, 0) is 31.5 Å². The molecule has 0 aliphatic heterocycles. The summed E-state index contributed by atoms with van der Waals surface area (Å²) in [6.07, 6.45) is 2.01. The van der Waals surface area contributed by atoms with Crippen molar-refractivity contribution in [1.82, 2.24) is 5.32 Å². The molecule has 0 saturated carbocycles. The third kappa shape index (κ3) is 5.72. The maximum Gasteiger partial charge on any atom is 0.261 e. The molecule has 118 valence electrons. The van der Waals surface area contributed by atoms with Gasteiger partial charge in [-0.25, -0.2) is 12.8 Å². The summed E-state index contributed by atoms with van der Waals surface area (Å²) < 4.78 is 47.0. The van der Waals surface area contributed by atoms with Gasteiger partial charge in [0.1, 0.15) is 5.82 Å². The zero-order valence-electron chi connectivity index (χ0n) is 11.4. The van der Waals surface area contributed by atoms with Gasteiger partial charge in [-0.3, -0.25) is 9.00 Å². The largest absolute Gasteiger partial charge is 0.349 e. The van der Waals surface area contributed by atoms with Crippen molar-refractivity contribution in [3.63, 3.8) is 0 Å². The Morgan fingerprint density at radius 2 is 2.10 bits per heavy atom. The van der Waals surface area contributed by atoms with Gasteiger partial charge in [0.25, 0.3) is 15.0 Å². The fourth-order valence-electron chi connectivity index (χ4n) is 1.55. The molecule has 1 aromatic carbocycles. The smallest absolute Gasteiger partial charge is 0.261 e. The Bertz CT molecular complexity index is 663. The van der Waals surface area contributed by atoms with Gasteiger partial charge in [-0.15, -0.1) is 0 Å². The molecule has 0 spiro atoms. The Balaban J connectivity index is 2.89. The minimum atomic E-state index is -4.04. The number of carbonyl (C=O) groups excluding carboxylic acids is 1. The summed E-state index contributed by atoms with van der Waals surface area (Å²) >= 11 is 0. The van der Waals surface area contributed by atoms with Crippen LogP contribution in [-0.2, 0) is 19.9 Å². The number of amides is 1. The molecule has 0 fully saturated rings. The summed E-state index contributed by atoms with van der Waals surface area (Å²) in [4.78, 5) is 11.6. The van der Waals surface area contributed by atoms with E-state index in [1.807, 2.05) is 0 Å². The Kier molecular flexibility index (Phi) is 6.30. The molecule has 9 heteroatoms. The van der Waals surface area contributed by atoms with Crippen molar-refractivity contribution >= 4 is 36.4 Å². The highest BCUT2D eigenvalue weighted by atomic mass is 35.7. The first-order valence-corrected chi connectivity index (χ1v) is 10.00. The maximum atomic E-state index is 13.6. The van der Waals surface area contributed by atoms with Crippen LogP contribution in [0.5, 0.6) is 0 Å². The second-order valence-corrected chi connectivity index (χ2v) is 8.64. The van der Waals surface area contributed by atoms with Crippen LogP contribution in [0.1, 0.15) is 23.7 Å². The van der Waals surface area contributed by atoms with E-state index < -0.39 is 37.1 Å².